The summed E-state index contributed by atoms with van der Waals surface area (Å²) in [4.78, 5) is 2.64. The maximum absolute atomic E-state index is 5.93. The summed E-state index contributed by atoms with van der Waals surface area (Å²) in [5.74, 6) is 1.59. The van der Waals surface area contributed by atoms with Crippen LogP contribution in [0, 0.1) is 11.8 Å². The van der Waals surface area contributed by atoms with E-state index in [1.807, 2.05) is 0 Å². The molecule has 0 spiro atoms. The van der Waals surface area contributed by atoms with Gasteiger partial charge in [-0.15, -0.1) is 0 Å². The molecular formula is C13H26N2O. The van der Waals surface area contributed by atoms with Crippen LogP contribution in [-0.4, -0.2) is 43.8 Å². The first-order valence-corrected chi connectivity index (χ1v) is 6.83. The van der Waals surface area contributed by atoms with Crippen LogP contribution in [0.15, 0.2) is 0 Å². The third-order valence-corrected chi connectivity index (χ3v) is 4.25. The van der Waals surface area contributed by atoms with Crippen LogP contribution in [-0.2, 0) is 4.74 Å². The van der Waals surface area contributed by atoms with Gasteiger partial charge in [-0.2, -0.15) is 0 Å². The van der Waals surface area contributed by atoms with E-state index in [1.54, 1.807) is 0 Å². The second kappa shape index (κ2) is 5.99. The molecule has 3 nitrogen and oxygen atoms in total. The zero-order valence-corrected chi connectivity index (χ0v) is 10.5. The number of rotatable bonds is 2. The summed E-state index contributed by atoms with van der Waals surface area (Å²) >= 11 is 0. The SMILES string of the molecule is CC1CCC(CN)C(N2CCCOCC2)C1. The Morgan fingerprint density at radius 3 is 2.94 bits per heavy atom. The molecule has 0 aromatic rings. The molecule has 1 aliphatic heterocycles. The van der Waals surface area contributed by atoms with Crippen molar-refractivity contribution in [1.82, 2.24) is 4.90 Å². The zero-order chi connectivity index (χ0) is 11.4. The van der Waals surface area contributed by atoms with E-state index in [2.05, 4.69) is 11.8 Å². The third kappa shape index (κ3) is 2.96. The lowest BCUT2D eigenvalue weighted by molar-refractivity contribution is 0.0780. The van der Waals surface area contributed by atoms with Gasteiger partial charge in [0.1, 0.15) is 0 Å². The van der Waals surface area contributed by atoms with E-state index in [-0.39, 0.29) is 0 Å². The van der Waals surface area contributed by atoms with E-state index in [0.717, 1.165) is 38.3 Å². The highest BCUT2D eigenvalue weighted by molar-refractivity contribution is 4.86. The maximum atomic E-state index is 5.93. The Bertz CT molecular complexity index is 202. The van der Waals surface area contributed by atoms with E-state index in [0.29, 0.717) is 5.92 Å². The smallest absolute Gasteiger partial charge is 0.0593 e. The van der Waals surface area contributed by atoms with Crippen LogP contribution in [0.2, 0.25) is 0 Å². The lowest BCUT2D eigenvalue weighted by Crippen LogP contribution is -2.47. The number of nitrogens with two attached hydrogens (primary N) is 1. The lowest BCUT2D eigenvalue weighted by Gasteiger charge is -2.41. The zero-order valence-electron chi connectivity index (χ0n) is 10.5. The number of hydrogen-bond donors (Lipinski definition) is 1. The topological polar surface area (TPSA) is 38.5 Å². The van der Waals surface area contributed by atoms with Crippen molar-refractivity contribution in [2.24, 2.45) is 17.6 Å². The second-order valence-electron chi connectivity index (χ2n) is 5.48. The number of ether oxygens (including phenoxy) is 1. The predicted molar refractivity (Wildman–Crippen MR) is 66.4 cm³/mol. The van der Waals surface area contributed by atoms with Crippen molar-refractivity contribution in [3.8, 4) is 0 Å². The van der Waals surface area contributed by atoms with Gasteiger partial charge in [-0.3, -0.25) is 4.90 Å². The van der Waals surface area contributed by atoms with Gasteiger partial charge in [-0.25, -0.2) is 0 Å². The minimum Gasteiger partial charge on any atom is -0.380 e. The molecule has 0 aromatic carbocycles. The van der Waals surface area contributed by atoms with Gasteiger partial charge in [-0.1, -0.05) is 13.3 Å². The molecule has 2 aliphatic rings. The Hall–Kier alpha value is -0.120. The quantitative estimate of drug-likeness (QED) is 0.775. The summed E-state index contributed by atoms with van der Waals surface area (Å²) in [6.07, 6.45) is 5.20. The fraction of sp³-hybridized carbons (Fsp3) is 1.00. The van der Waals surface area contributed by atoms with Crippen molar-refractivity contribution in [2.75, 3.05) is 32.8 Å². The van der Waals surface area contributed by atoms with Crippen LogP contribution in [0.5, 0.6) is 0 Å². The minimum absolute atomic E-state index is 0.717. The van der Waals surface area contributed by atoms with Gasteiger partial charge in [0.15, 0.2) is 0 Å². The van der Waals surface area contributed by atoms with Gasteiger partial charge in [0.05, 0.1) is 6.61 Å². The molecule has 1 saturated heterocycles. The lowest BCUT2D eigenvalue weighted by atomic mass is 9.78. The van der Waals surface area contributed by atoms with E-state index in [9.17, 15) is 0 Å². The van der Waals surface area contributed by atoms with Crippen LogP contribution in [0.4, 0.5) is 0 Å². The average molecular weight is 226 g/mol. The van der Waals surface area contributed by atoms with Crippen LogP contribution in [0.25, 0.3) is 0 Å². The average Bonchev–Trinajstić information content (AvgIpc) is 2.57. The largest absolute Gasteiger partial charge is 0.380 e. The van der Waals surface area contributed by atoms with Gasteiger partial charge in [-0.05, 0) is 37.6 Å². The van der Waals surface area contributed by atoms with Crippen molar-refractivity contribution in [1.29, 1.82) is 0 Å². The van der Waals surface area contributed by atoms with Crippen LogP contribution in [0.1, 0.15) is 32.6 Å². The first-order chi connectivity index (χ1) is 7.81. The molecule has 1 saturated carbocycles. The Morgan fingerprint density at radius 1 is 1.25 bits per heavy atom. The van der Waals surface area contributed by atoms with Gasteiger partial charge in [0.2, 0.25) is 0 Å². The maximum Gasteiger partial charge on any atom is 0.0593 e. The van der Waals surface area contributed by atoms with Gasteiger partial charge < -0.3 is 10.5 Å². The molecule has 16 heavy (non-hydrogen) atoms. The molecule has 2 rings (SSSR count). The fourth-order valence-corrected chi connectivity index (χ4v) is 3.23. The van der Waals surface area contributed by atoms with Gasteiger partial charge >= 0.3 is 0 Å². The summed E-state index contributed by atoms with van der Waals surface area (Å²) in [6, 6.07) is 0.718. The van der Waals surface area contributed by atoms with Crippen molar-refractivity contribution in [3.05, 3.63) is 0 Å². The van der Waals surface area contributed by atoms with E-state index >= 15 is 0 Å². The molecule has 3 atom stereocenters. The predicted octanol–water partition coefficient (Wildman–Crippen LogP) is 1.47. The van der Waals surface area contributed by atoms with Crippen LogP contribution in [0.3, 0.4) is 0 Å². The van der Waals surface area contributed by atoms with Crippen molar-refractivity contribution >= 4 is 0 Å². The molecule has 0 aromatic heterocycles. The Morgan fingerprint density at radius 2 is 2.12 bits per heavy atom. The van der Waals surface area contributed by atoms with Crippen LogP contribution < -0.4 is 5.73 Å². The summed E-state index contributed by atoms with van der Waals surface area (Å²) in [6.45, 7) is 7.39. The highest BCUT2D eigenvalue weighted by Crippen LogP contribution is 2.32. The van der Waals surface area contributed by atoms with Gasteiger partial charge in [0.25, 0.3) is 0 Å². The molecule has 2 N–H and O–H groups in total. The first kappa shape index (κ1) is 12.3. The second-order valence-corrected chi connectivity index (χ2v) is 5.48. The molecule has 0 bridgehead atoms. The Labute approximate surface area is 99.3 Å². The molecule has 3 heteroatoms. The number of nitrogens with zero attached hydrogens (tertiary/aromatic N) is 1. The highest BCUT2D eigenvalue weighted by Gasteiger charge is 2.32. The van der Waals surface area contributed by atoms with Crippen molar-refractivity contribution < 1.29 is 4.74 Å². The minimum atomic E-state index is 0.717. The third-order valence-electron chi connectivity index (χ3n) is 4.25. The van der Waals surface area contributed by atoms with Gasteiger partial charge in [0, 0.05) is 25.7 Å². The molecular weight excluding hydrogens is 200 g/mol. The Kier molecular flexibility index (Phi) is 4.62. The van der Waals surface area contributed by atoms with Crippen molar-refractivity contribution in [3.63, 3.8) is 0 Å². The molecule has 1 aliphatic carbocycles. The number of hydrogen-bond acceptors (Lipinski definition) is 3. The molecule has 1 heterocycles. The Balaban J connectivity index is 1.97. The summed E-state index contributed by atoms with van der Waals surface area (Å²) in [5.41, 5.74) is 5.93. The molecule has 2 fully saturated rings. The highest BCUT2D eigenvalue weighted by atomic mass is 16.5. The van der Waals surface area contributed by atoms with E-state index in [1.165, 1.54) is 32.2 Å². The molecule has 3 unspecified atom stereocenters. The molecule has 0 radical (unpaired) electrons. The van der Waals surface area contributed by atoms with E-state index in [4.69, 9.17) is 10.5 Å². The first-order valence-electron chi connectivity index (χ1n) is 6.83. The van der Waals surface area contributed by atoms with Crippen molar-refractivity contribution in [2.45, 2.75) is 38.6 Å². The van der Waals surface area contributed by atoms with E-state index < -0.39 is 0 Å². The summed E-state index contributed by atoms with van der Waals surface area (Å²) in [7, 11) is 0. The summed E-state index contributed by atoms with van der Waals surface area (Å²) < 4.78 is 5.54. The van der Waals surface area contributed by atoms with Crippen LogP contribution >= 0.6 is 0 Å². The fourth-order valence-electron chi connectivity index (χ4n) is 3.23. The summed E-state index contributed by atoms with van der Waals surface area (Å²) in [5, 5.41) is 0. The normalized spacial score (nSPS) is 38.2. The monoisotopic (exact) mass is 226 g/mol. The standard InChI is InChI=1S/C13H26N2O/c1-11-3-4-12(10-14)13(9-11)15-5-2-7-16-8-6-15/h11-13H,2-10,14H2,1H3. The molecule has 0 amide bonds. The molecule has 94 valence electrons.